The summed E-state index contributed by atoms with van der Waals surface area (Å²) >= 11 is 6.86. The van der Waals surface area contributed by atoms with Crippen LogP contribution in [0.2, 0.25) is 0 Å². The van der Waals surface area contributed by atoms with Gasteiger partial charge in [0.2, 0.25) is 0 Å². The molecule has 0 spiro atoms. The molecule has 1 unspecified atom stereocenters. The summed E-state index contributed by atoms with van der Waals surface area (Å²) in [5.74, 6) is -1.66. The Morgan fingerprint density at radius 2 is 1.95 bits per heavy atom. The van der Waals surface area contributed by atoms with Gasteiger partial charge in [-0.05, 0) is 68.6 Å². The van der Waals surface area contributed by atoms with Crippen molar-refractivity contribution in [3.63, 3.8) is 0 Å². The van der Waals surface area contributed by atoms with Gasteiger partial charge in [0.15, 0.2) is 11.6 Å². The minimum Gasteiger partial charge on any atom is -0.309 e. The minimum atomic E-state index is -0.832. The first-order chi connectivity index (χ1) is 10.0. The summed E-state index contributed by atoms with van der Waals surface area (Å²) in [5.41, 5.74) is 1.56. The van der Waals surface area contributed by atoms with Gasteiger partial charge in [-0.25, -0.2) is 8.78 Å². The molecule has 2 rings (SSSR count). The molecule has 2 aromatic rings. The fourth-order valence-electron chi connectivity index (χ4n) is 2.10. The zero-order valence-electron chi connectivity index (χ0n) is 11.3. The largest absolute Gasteiger partial charge is 0.309 e. The zero-order valence-corrected chi connectivity index (χ0v) is 14.5. The molecule has 0 amide bonds. The van der Waals surface area contributed by atoms with Crippen molar-refractivity contribution in [2.45, 2.75) is 19.4 Å². The molecule has 1 atom stereocenters. The monoisotopic (exact) mass is 418 g/mol. The molecule has 1 N–H and O–H groups in total. The van der Waals surface area contributed by atoms with E-state index in [4.69, 9.17) is 0 Å². The first-order valence-electron chi connectivity index (χ1n) is 6.49. The van der Waals surface area contributed by atoms with Crippen molar-refractivity contribution in [3.8, 4) is 0 Å². The molecule has 0 fully saturated rings. The summed E-state index contributed by atoms with van der Waals surface area (Å²) in [4.78, 5) is 4.41. The van der Waals surface area contributed by atoms with Gasteiger partial charge in [-0.15, -0.1) is 0 Å². The molecule has 0 aliphatic heterocycles. The van der Waals surface area contributed by atoms with Gasteiger partial charge < -0.3 is 5.32 Å². The summed E-state index contributed by atoms with van der Waals surface area (Å²) in [5, 5.41) is 3.32. The predicted molar refractivity (Wildman–Crippen MR) is 86.1 cm³/mol. The van der Waals surface area contributed by atoms with Crippen LogP contribution >= 0.6 is 31.9 Å². The predicted octanol–water partition coefficient (Wildman–Crippen LogP) is 4.78. The molecule has 1 heterocycles. The summed E-state index contributed by atoms with van der Waals surface area (Å²) in [6.07, 6.45) is 2.24. The Bertz CT molecular complexity index is 635. The minimum absolute atomic E-state index is 0.0812. The third-order valence-electron chi connectivity index (χ3n) is 3.04. The molecule has 0 saturated carbocycles. The van der Waals surface area contributed by atoms with Gasteiger partial charge >= 0.3 is 0 Å². The first kappa shape index (κ1) is 16.5. The van der Waals surface area contributed by atoms with Crippen molar-refractivity contribution >= 4 is 31.9 Å². The molecule has 2 nitrogen and oxygen atoms in total. The lowest BCUT2D eigenvalue weighted by Crippen LogP contribution is -2.24. The second-order valence-electron chi connectivity index (χ2n) is 4.58. The lowest BCUT2D eigenvalue weighted by Gasteiger charge is -2.19. The SMILES string of the molecule is CCNC(Cc1ccc(F)c(F)c1)c1ncc(Br)cc1Br. The Hall–Kier alpha value is -0.850. The van der Waals surface area contributed by atoms with E-state index in [9.17, 15) is 8.78 Å². The molecule has 1 aromatic carbocycles. The summed E-state index contributed by atoms with van der Waals surface area (Å²) < 4.78 is 28.1. The quantitative estimate of drug-likeness (QED) is 0.754. The van der Waals surface area contributed by atoms with E-state index in [0.717, 1.165) is 32.8 Å². The fourth-order valence-corrected chi connectivity index (χ4v) is 3.36. The van der Waals surface area contributed by atoms with Crippen LogP contribution in [0.3, 0.4) is 0 Å². The van der Waals surface area contributed by atoms with Gasteiger partial charge in [0.25, 0.3) is 0 Å². The number of nitrogens with zero attached hydrogens (tertiary/aromatic N) is 1. The number of hydrogen-bond donors (Lipinski definition) is 1. The first-order valence-corrected chi connectivity index (χ1v) is 8.08. The number of pyridine rings is 1. The molecule has 6 heteroatoms. The van der Waals surface area contributed by atoms with Crippen molar-refractivity contribution in [3.05, 3.63) is 62.3 Å². The number of rotatable bonds is 5. The molecule has 0 saturated heterocycles. The maximum Gasteiger partial charge on any atom is 0.159 e. The number of likely N-dealkylation sites (N-methyl/N-ethyl adjacent to an activating group) is 1. The zero-order chi connectivity index (χ0) is 15.4. The standard InChI is InChI=1S/C15H14Br2F2N2/c1-2-20-14(15-11(17)7-10(16)8-21-15)6-9-3-4-12(18)13(19)5-9/h3-5,7-8,14,20H,2,6H2,1H3. The fraction of sp³-hybridized carbons (Fsp3) is 0.267. The van der Waals surface area contributed by atoms with Crippen LogP contribution < -0.4 is 5.32 Å². The highest BCUT2D eigenvalue weighted by Crippen LogP contribution is 2.27. The van der Waals surface area contributed by atoms with Gasteiger partial charge in [-0.1, -0.05) is 13.0 Å². The Kier molecular flexibility index (Phi) is 5.84. The third-order valence-corrected chi connectivity index (χ3v) is 4.11. The summed E-state index contributed by atoms with van der Waals surface area (Å²) in [7, 11) is 0. The van der Waals surface area contributed by atoms with Crippen molar-refractivity contribution in [2.75, 3.05) is 6.54 Å². The normalized spacial score (nSPS) is 12.4. The second-order valence-corrected chi connectivity index (χ2v) is 6.35. The molecule has 21 heavy (non-hydrogen) atoms. The Labute approximate surface area is 139 Å². The Morgan fingerprint density at radius 3 is 2.57 bits per heavy atom. The van der Waals surface area contributed by atoms with E-state index < -0.39 is 11.6 Å². The number of aromatic nitrogens is 1. The topological polar surface area (TPSA) is 24.9 Å². The van der Waals surface area contributed by atoms with Crippen molar-refractivity contribution in [2.24, 2.45) is 0 Å². The molecule has 0 radical (unpaired) electrons. The Balaban J connectivity index is 2.28. The number of halogens is 4. The van der Waals surface area contributed by atoms with Crippen LogP contribution in [-0.2, 0) is 6.42 Å². The average molecular weight is 420 g/mol. The van der Waals surface area contributed by atoms with Crippen LogP contribution in [0.25, 0.3) is 0 Å². The molecular weight excluding hydrogens is 406 g/mol. The smallest absolute Gasteiger partial charge is 0.159 e. The van der Waals surface area contributed by atoms with Gasteiger partial charge in [-0.2, -0.15) is 0 Å². The van der Waals surface area contributed by atoms with Crippen LogP contribution in [0, 0.1) is 11.6 Å². The van der Waals surface area contributed by atoms with E-state index in [0.29, 0.717) is 6.42 Å². The van der Waals surface area contributed by atoms with Crippen LogP contribution in [0.1, 0.15) is 24.2 Å². The highest BCUT2D eigenvalue weighted by atomic mass is 79.9. The van der Waals surface area contributed by atoms with Gasteiger partial charge in [0.05, 0.1) is 11.7 Å². The van der Waals surface area contributed by atoms with Gasteiger partial charge in [-0.3, -0.25) is 4.98 Å². The number of nitrogens with one attached hydrogen (secondary N) is 1. The molecule has 112 valence electrons. The summed E-state index contributed by atoms with van der Waals surface area (Å²) in [6, 6.07) is 5.81. The lowest BCUT2D eigenvalue weighted by molar-refractivity contribution is 0.500. The van der Waals surface area contributed by atoms with E-state index in [1.165, 1.54) is 6.07 Å². The molecule has 1 aromatic heterocycles. The van der Waals surface area contributed by atoms with Gasteiger partial charge in [0.1, 0.15) is 0 Å². The highest BCUT2D eigenvalue weighted by Gasteiger charge is 2.17. The van der Waals surface area contributed by atoms with Crippen LogP contribution in [0.15, 0.2) is 39.4 Å². The van der Waals surface area contributed by atoms with Crippen LogP contribution in [0.5, 0.6) is 0 Å². The third kappa shape index (κ3) is 4.31. The highest BCUT2D eigenvalue weighted by molar-refractivity contribution is 9.11. The van der Waals surface area contributed by atoms with Crippen LogP contribution in [0.4, 0.5) is 8.78 Å². The molecule has 0 aliphatic carbocycles. The number of hydrogen-bond acceptors (Lipinski definition) is 2. The van der Waals surface area contributed by atoms with Crippen molar-refractivity contribution in [1.82, 2.24) is 10.3 Å². The molecule has 0 aliphatic rings. The van der Waals surface area contributed by atoms with E-state index in [1.54, 1.807) is 12.3 Å². The summed E-state index contributed by atoms with van der Waals surface area (Å²) in [6.45, 7) is 2.74. The van der Waals surface area contributed by atoms with E-state index in [2.05, 4.69) is 42.2 Å². The second kappa shape index (κ2) is 7.42. The molecular formula is C15H14Br2F2N2. The van der Waals surface area contributed by atoms with E-state index in [-0.39, 0.29) is 6.04 Å². The number of benzene rings is 1. The van der Waals surface area contributed by atoms with E-state index >= 15 is 0 Å². The van der Waals surface area contributed by atoms with Crippen LogP contribution in [-0.4, -0.2) is 11.5 Å². The molecule has 0 bridgehead atoms. The lowest BCUT2D eigenvalue weighted by atomic mass is 10.0. The van der Waals surface area contributed by atoms with Gasteiger partial charge in [0, 0.05) is 15.1 Å². The maximum atomic E-state index is 13.3. The van der Waals surface area contributed by atoms with Crippen molar-refractivity contribution < 1.29 is 8.78 Å². The Morgan fingerprint density at radius 1 is 1.19 bits per heavy atom. The van der Waals surface area contributed by atoms with E-state index in [1.807, 2.05) is 13.0 Å². The maximum absolute atomic E-state index is 13.3. The van der Waals surface area contributed by atoms with Crippen molar-refractivity contribution in [1.29, 1.82) is 0 Å². The average Bonchev–Trinajstić information content (AvgIpc) is 2.42.